The summed E-state index contributed by atoms with van der Waals surface area (Å²) in [6, 6.07) is 5.54. The van der Waals surface area contributed by atoms with Crippen molar-refractivity contribution in [2.75, 3.05) is 13.2 Å². The van der Waals surface area contributed by atoms with Crippen molar-refractivity contribution in [3.05, 3.63) is 34.3 Å². The first-order valence-electron chi connectivity index (χ1n) is 6.61. The summed E-state index contributed by atoms with van der Waals surface area (Å²) in [5.74, 6) is 1.46. The first kappa shape index (κ1) is 14.7. The van der Waals surface area contributed by atoms with Crippen molar-refractivity contribution >= 4 is 11.5 Å². The van der Waals surface area contributed by atoms with Gasteiger partial charge in [0.25, 0.3) is 0 Å². The summed E-state index contributed by atoms with van der Waals surface area (Å²) < 4.78 is 15.1. The Kier molecular flexibility index (Phi) is 4.92. The van der Waals surface area contributed by atoms with Gasteiger partial charge in [-0.05, 0) is 50.0 Å². The molecule has 0 fully saturated rings. The van der Waals surface area contributed by atoms with Gasteiger partial charge in [-0.2, -0.15) is 0 Å². The van der Waals surface area contributed by atoms with Crippen molar-refractivity contribution < 1.29 is 9.47 Å². The highest BCUT2D eigenvalue weighted by molar-refractivity contribution is 7.05. The van der Waals surface area contributed by atoms with Crippen molar-refractivity contribution in [3.63, 3.8) is 0 Å². The Morgan fingerprint density at radius 3 is 2.50 bits per heavy atom. The third kappa shape index (κ3) is 3.08. The minimum absolute atomic E-state index is 0.245. The number of hydrogen-bond acceptors (Lipinski definition) is 6. The average molecular weight is 293 g/mol. The molecule has 0 bridgehead atoms. The normalized spacial score (nSPS) is 12.2. The van der Waals surface area contributed by atoms with E-state index >= 15 is 0 Å². The van der Waals surface area contributed by atoms with E-state index in [0.717, 1.165) is 27.6 Å². The largest absolute Gasteiger partial charge is 0.490 e. The van der Waals surface area contributed by atoms with E-state index in [1.54, 1.807) is 0 Å². The molecule has 0 aliphatic heterocycles. The fourth-order valence-corrected chi connectivity index (χ4v) is 2.61. The predicted molar refractivity (Wildman–Crippen MR) is 79.5 cm³/mol. The quantitative estimate of drug-likeness (QED) is 0.886. The van der Waals surface area contributed by atoms with Gasteiger partial charge >= 0.3 is 0 Å². The van der Waals surface area contributed by atoms with Gasteiger partial charge < -0.3 is 15.2 Å². The van der Waals surface area contributed by atoms with Crippen LogP contribution in [0.15, 0.2) is 18.2 Å². The molecule has 2 rings (SSSR count). The molecule has 0 saturated heterocycles. The summed E-state index contributed by atoms with van der Waals surface area (Å²) in [6.07, 6.45) is 0. The van der Waals surface area contributed by atoms with Crippen LogP contribution < -0.4 is 15.2 Å². The first-order chi connectivity index (χ1) is 9.67. The Morgan fingerprint density at radius 2 is 1.90 bits per heavy atom. The molecule has 0 amide bonds. The van der Waals surface area contributed by atoms with Crippen LogP contribution in [0.25, 0.3) is 0 Å². The zero-order valence-corrected chi connectivity index (χ0v) is 12.7. The van der Waals surface area contributed by atoms with E-state index in [4.69, 9.17) is 15.2 Å². The van der Waals surface area contributed by atoms with Crippen LogP contribution in [0.3, 0.4) is 0 Å². The number of hydrogen-bond donors (Lipinski definition) is 1. The van der Waals surface area contributed by atoms with Crippen LogP contribution in [0, 0.1) is 6.92 Å². The number of benzene rings is 1. The Labute approximate surface area is 122 Å². The summed E-state index contributed by atoms with van der Waals surface area (Å²) in [7, 11) is 0. The van der Waals surface area contributed by atoms with E-state index in [-0.39, 0.29) is 6.04 Å². The lowest BCUT2D eigenvalue weighted by molar-refractivity contribution is 0.287. The van der Waals surface area contributed by atoms with Crippen molar-refractivity contribution in [1.82, 2.24) is 9.59 Å². The second-order valence-electron chi connectivity index (χ2n) is 4.27. The second-order valence-corrected chi connectivity index (χ2v) is 5.06. The Bertz CT molecular complexity index is 571. The highest BCUT2D eigenvalue weighted by atomic mass is 32.1. The lowest BCUT2D eigenvalue weighted by Gasteiger charge is -2.15. The first-order valence-corrected chi connectivity index (χ1v) is 7.38. The molecule has 1 aromatic carbocycles. The van der Waals surface area contributed by atoms with Crippen molar-refractivity contribution in [2.24, 2.45) is 5.73 Å². The maximum atomic E-state index is 6.28. The Morgan fingerprint density at radius 1 is 1.20 bits per heavy atom. The monoisotopic (exact) mass is 293 g/mol. The summed E-state index contributed by atoms with van der Waals surface area (Å²) in [5, 5.41) is 4.00. The fraction of sp³-hybridized carbons (Fsp3) is 0.429. The number of aryl methyl sites for hydroxylation is 1. The maximum absolute atomic E-state index is 6.28. The van der Waals surface area contributed by atoms with Gasteiger partial charge in [-0.15, -0.1) is 5.10 Å². The molecule has 1 atom stereocenters. The topological polar surface area (TPSA) is 70.3 Å². The van der Waals surface area contributed by atoms with Gasteiger partial charge in [0, 0.05) is 0 Å². The molecule has 1 aromatic heterocycles. The highest BCUT2D eigenvalue weighted by Gasteiger charge is 2.17. The Hall–Kier alpha value is -1.66. The molecule has 1 unspecified atom stereocenters. The van der Waals surface area contributed by atoms with Crippen LogP contribution in [0.4, 0.5) is 0 Å². The molecule has 0 saturated carbocycles. The van der Waals surface area contributed by atoms with E-state index in [2.05, 4.69) is 9.59 Å². The molecule has 1 heterocycles. The second kappa shape index (κ2) is 6.67. The summed E-state index contributed by atoms with van der Waals surface area (Å²) in [4.78, 5) is 0.969. The number of aromatic nitrogens is 2. The Balaban J connectivity index is 2.32. The standard InChI is InChI=1S/C14H19N3O2S/c1-4-18-11-7-6-10(8-12(11)19-5-2)13(15)14-9(3)16-17-20-14/h6-8,13H,4-5,15H2,1-3H3. The van der Waals surface area contributed by atoms with Crippen LogP contribution in [0.5, 0.6) is 11.5 Å². The van der Waals surface area contributed by atoms with Gasteiger partial charge in [0.2, 0.25) is 0 Å². The van der Waals surface area contributed by atoms with Crippen molar-refractivity contribution in [1.29, 1.82) is 0 Å². The number of nitrogens with two attached hydrogens (primary N) is 1. The summed E-state index contributed by atoms with van der Waals surface area (Å²) in [6.45, 7) is 6.99. The maximum Gasteiger partial charge on any atom is 0.161 e. The smallest absolute Gasteiger partial charge is 0.161 e. The number of rotatable bonds is 6. The minimum atomic E-state index is -0.245. The molecule has 2 aromatic rings. The van der Waals surface area contributed by atoms with Crippen LogP contribution >= 0.6 is 11.5 Å². The SMILES string of the molecule is CCOc1ccc(C(N)c2snnc2C)cc1OCC. The van der Waals surface area contributed by atoms with Crippen LogP contribution in [-0.4, -0.2) is 22.8 Å². The number of nitrogens with zero attached hydrogens (tertiary/aromatic N) is 2. The van der Waals surface area contributed by atoms with Crippen LogP contribution in [-0.2, 0) is 0 Å². The predicted octanol–water partition coefficient (Wildman–Crippen LogP) is 2.69. The summed E-state index contributed by atoms with van der Waals surface area (Å²) in [5.41, 5.74) is 8.12. The molecular formula is C14H19N3O2S. The molecule has 108 valence electrons. The van der Waals surface area contributed by atoms with Gasteiger partial charge in [-0.1, -0.05) is 10.6 Å². The molecular weight excluding hydrogens is 274 g/mol. The molecule has 0 aliphatic carbocycles. The third-order valence-corrected chi connectivity index (χ3v) is 3.80. The van der Waals surface area contributed by atoms with Crippen LogP contribution in [0.1, 0.15) is 36.0 Å². The molecule has 20 heavy (non-hydrogen) atoms. The van der Waals surface area contributed by atoms with Gasteiger partial charge in [0.05, 0.1) is 29.8 Å². The van der Waals surface area contributed by atoms with Gasteiger partial charge in [0.15, 0.2) is 11.5 Å². The van der Waals surface area contributed by atoms with E-state index in [1.807, 2.05) is 39.0 Å². The molecule has 6 heteroatoms. The molecule has 0 spiro atoms. The minimum Gasteiger partial charge on any atom is -0.490 e. The van der Waals surface area contributed by atoms with E-state index < -0.39 is 0 Å². The van der Waals surface area contributed by atoms with Gasteiger partial charge in [-0.25, -0.2) is 0 Å². The average Bonchev–Trinajstić information content (AvgIpc) is 2.86. The molecule has 0 aliphatic rings. The highest BCUT2D eigenvalue weighted by Crippen LogP contribution is 2.33. The third-order valence-electron chi connectivity index (χ3n) is 2.90. The lowest BCUT2D eigenvalue weighted by Crippen LogP contribution is -2.12. The number of ether oxygens (including phenoxy) is 2. The van der Waals surface area contributed by atoms with Gasteiger partial charge in [0.1, 0.15) is 0 Å². The molecule has 0 radical (unpaired) electrons. The van der Waals surface area contributed by atoms with E-state index in [9.17, 15) is 0 Å². The van der Waals surface area contributed by atoms with Crippen molar-refractivity contribution in [3.8, 4) is 11.5 Å². The molecule has 2 N–H and O–H groups in total. The van der Waals surface area contributed by atoms with E-state index in [1.165, 1.54) is 11.5 Å². The van der Waals surface area contributed by atoms with E-state index in [0.29, 0.717) is 13.2 Å². The lowest BCUT2D eigenvalue weighted by atomic mass is 10.0. The molecule has 5 nitrogen and oxygen atoms in total. The van der Waals surface area contributed by atoms with Crippen molar-refractivity contribution in [2.45, 2.75) is 26.8 Å². The zero-order valence-electron chi connectivity index (χ0n) is 11.9. The fourth-order valence-electron chi connectivity index (χ4n) is 1.94. The van der Waals surface area contributed by atoms with Crippen LogP contribution in [0.2, 0.25) is 0 Å². The summed E-state index contributed by atoms with van der Waals surface area (Å²) >= 11 is 1.33. The zero-order chi connectivity index (χ0) is 14.5. The van der Waals surface area contributed by atoms with Gasteiger partial charge in [-0.3, -0.25) is 0 Å².